The number of benzene rings is 1. The van der Waals surface area contributed by atoms with E-state index in [1.807, 2.05) is 31.2 Å². The van der Waals surface area contributed by atoms with Crippen LogP contribution >= 0.6 is 0 Å². The molecule has 0 aliphatic heterocycles. The van der Waals surface area contributed by atoms with Crippen molar-refractivity contribution in [3.63, 3.8) is 0 Å². The number of pyridine rings is 1. The Hall–Kier alpha value is -3.33. The van der Waals surface area contributed by atoms with Gasteiger partial charge >= 0.3 is 5.97 Å². The highest BCUT2D eigenvalue weighted by atomic mass is 16.5. The van der Waals surface area contributed by atoms with Gasteiger partial charge in [-0.1, -0.05) is 17.9 Å². The summed E-state index contributed by atoms with van der Waals surface area (Å²) in [6.07, 6.45) is 1.61. The first-order chi connectivity index (χ1) is 12.1. The second kappa shape index (κ2) is 7.05. The molecule has 25 heavy (non-hydrogen) atoms. The molecule has 3 rings (SSSR count). The summed E-state index contributed by atoms with van der Waals surface area (Å²) in [4.78, 5) is 16.7. The van der Waals surface area contributed by atoms with E-state index in [1.54, 1.807) is 31.1 Å². The predicted molar refractivity (Wildman–Crippen MR) is 93.4 cm³/mol. The number of esters is 1. The second-order valence-electron chi connectivity index (χ2n) is 5.43. The van der Waals surface area contributed by atoms with Gasteiger partial charge in [0.25, 0.3) is 0 Å². The van der Waals surface area contributed by atoms with E-state index < -0.39 is 5.97 Å². The second-order valence-corrected chi connectivity index (χ2v) is 5.43. The van der Waals surface area contributed by atoms with Gasteiger partial charge in [0.1, 0.15) is 5.75 Å². The zero-order valence-electron chi connectivity index (χ0n) is 14.2. The first-order valence-electron chi connectivity index (χ1n) is 7.68. The van der Waals surface area contributed by atoms with Crippen molar-refractivity contribution in [1.29, 1.82) is 0 Å². The van der Waals surface area contributed by atoms with Gasteiger partial charge in [0.2, 0.25) is 0 Å². The number of carbonyl (C=O) groups excluding carboxylic acids is 1. The lowest BCUT2D eigenvalue weighted by Gasteiger charge is -2.04. The molecule has 6 heteroatoms. The lowest BCUT2D eigenvalue weighted by molar-refractivity contribution is 0.0558. The Bertz CT molecular complexity index is 996. The third-order valence-electron chi connectivity index (χ3n) is 3.63. The van der Waals surface area contributed by atoms with Crippen molar-refractivity contribution in [2.45, 2.75) is 6.92 Å². The Morgan fingerprint density at radius 3 is 2.96 bits per heavy atom. The van der Waals surface area contributed by atoms with Crippen LogP contribution in [0.15, 0.2) is 36.5 Å². The maximum atomic E-state index is 12.4. The van der Waals surface area contributed by atoms with Gasteiger partial charge in [0, 0.05) is 18.3 Å². The first-order valence-corrected chi connectivity index (χ1v) is 7.68. The fourth-order valence-electron chi connectivity index (χ4n) is 2.43. The molecule has 2 aromatic heterocycles. The van der Waals surface area contributed by atoms with Crippen LogP contribution in [-0.2, 0) is 11.8 Å². The van der Waals surface area contributed by atoms with E-state index in [0.717, 1.165) is 17.0 Å². The van der Waals surface area contributed by atoms with Gasteiger partial charge in [-0.25, -0.2) is 9.78 Å². The summed E-state index contributed by atoms with van der Waals surface area (Å²) in [6.45, 7) is 1.82. The molecule has 2 heterocycles. The van der Waals surface area contributed by atoms with Crippen LogP contribution in [0.25, 0.3) is 11.0 Å². The average molecular weight is 335 g/mol. The minimum Gasteiger partial charge on any atom is -0.497 e. The number of aromatic nitrogens is 3. The molecule has 6 nitrogen and oxygen atoms in total. The van der Waals surface area contributed by atoms with Crippen LogP contribution in [0.1, 0.15) is 21.6 Å². The minimum absolute atomic E-state index is 0.000824. The maximum Gasteiger partial charge on any atom is 0.339 e. The van der Waals surface area contributed by atoms with Crippen molar-refractivity contribution in [3.05, 3.63) is 53.3 Å². The minimum atomic E-state index is -0.441. The van der Waals surface area contributed by atoms with E-state index in [0.29, 0.717) is 16.6 Å². The van der Waals surface area contributed by atoms with Crippen LogP contribution in [0.4, 0.5) is 0 Å². The molecule has 0 atom stereocenters. The van der Waals surface area contributed by atoms with Crippen molar-refractivity contribution in [2.24, 2.45) is 7.05 Å². The molecule has 0 amide bonds. The van der Waals surface area contributed by atoms with E-state index in [2.05, 4.69) is 21.9 Å². The summed E-state index contributed by atoms with van der Waals surface area (Å²) in [6, 6.07) is 9.08. The van der Waals surface area contributed by atoms with Crippen molar-refractivity contribution in [3.8, 4) is 17.6 Å². The normalized spacial score (nSPS) is 10.2. The number of fused-ring (bicyclic) bond motifs is 1. The van der Waals surface area contributed by atoms with E-state index >= 15 is 0 Å². The molecule has 3 aromatic rings. The largest absolute Gasteiger partial charge is 0.497 e. The number of rotatable bonds is 3. The molecule has 0 spiro atoms. The van der Waals surface area contributed by atoms with E-state index in [9.17, 15) is 4.79 Å². The Kier molecular flexibility index (Phi) is 4.66. The highest BCUT2D eigenvalue weighted by molar-refractivity contribution is 6.02. The third kappa shape index (κ3) is 3.61. The quantitative estimate of drug-likeness (QED) is 0.543. The number of nitrogens with zero attached hydrogens (tertiary/aromatic N) is 3. The van der Waals surface area contributed by atoms with Gasteiger partial charge in [-0.05, 0) is 31.2 Å². The van der Waals surface area contributed by atoms with Crippen LogP contribution in [0, 0.1) is 18.8 Å². The molecule has 0 radical (unpaired) electrons. The molecule has 0 aliphatic carbocycles. The molecule has 0 saturated heterocycles. The number of hydrogen-bond acceptors (Lipinski definition) is 5. The molecule has 0 aliphatic rings. The van der Waals surface area contributed by atoms with Gasteiger partial charge in [-0.3, -0.25) is 4.68 Å². The smallest absolute Gasteiger partial charge is 0.339 e. The monoisotopic (exact) mass is 335 g/mol. The fraction of sp³-hybridized carbons (Fsp3) is 0.211. The molecule has 0 fully saturated rings. The number of carbonyl (C=O) groups is 1. The molecular weight excluding hydrogens is 318 g/mol. The van der Waals surface area contributed by atoms with E-state index in [1.165, 1.54) is 0 Å². The highest BCUT2D eigenvalue weighted by Crippen LogP contribution is 2.18. The van der Waals surface area contributed by atoms with Crippen molar-refractivity contribution in [2.75, 3.05) is 13.7 Å². The number of hydrogen-bond donors (Lipinski definition) is 0. The van der Waals surface area contributed by atoms with E-state index in [-0.39, 0.29) is 6.61 Å². The molecule has 126 valence electrons. The Morgan fingerprint density at radius 1 is 1.32 bits per heavy atom. The summed E-state index contributed by atoms with van der Waals surface area (Å²) >= 11 is 0. The SMILES string of the molecule is COc1cccc(C#CCOC(=O)c2cc(C)nc3c2cnn3C)c1. The zero-order valence-corrected chi connectivity index (χ0v) is 14.2. The van der Waals surface area contributed by atoms with Crippen molar-refractivity contribution in [1.82, 2.24) is 14.8 Å². The molecule has 1 aromatic carbocycles. The van der Waals surface area contributed by atoms with E-state index in [4.69, 9.17) is 9.47 Å². The van der Waals surface area contributed by atoms with Crippen molar-refractivity contribution < 1.29 is 14.3 Å². The summed E-state index contributed by atoms with van der Waals surface area (Å²) in [7, 11) is 3.38. The third-order valence-corrected chi connectivity index (χ3v) is 3.63. The number of aryl methyl sites for hydroxylation is 2. The lowest BCUT2D eigenvalue weighted by atomic mass is 10.1. The molecular formula is C19H17N3O3. The highest BCUT2D eigenvalue weighted by Gasteiger charge is 2.15. The molecule has 0 bridgehead atoms. The van der Waals surface area contributed by atoms with Crippen LogP contribution < -0.4 is 4.74 Å². The Balaban J connectivity index is 1.73. The molecule has 0 saturated carbocycles. The molecule has 0 unspecified atom stereocenters. The van der Waals surface area contributed by atoms with Crippen LogP contribution in [-0.4, -0.2) is 34.5 Å². The lowest BCUT2D eigenvalue weighted by Crippen LogP contribution is -2.07. The number of ether oxygens (including phenoxy) is 2. The Morgan fingerprint density at radius 2 is 2.16 bits per heavy atom. The predicted octanol–water partition coefficient (Wildman–Crippen LogP) is 2.49. The van der Waals surface area contributed by atoms with Gasteiger partial charge in [-0.2, -0.15) is 5.10 Å². The van der Waals surface area contributed by atoms with Crippen molar-refractivity contribution >= 4 is 17.0 Å². The average Bonchev–Trinajstić information content (AvgIpc) is 2.99. The summed E-state index contributed by atoms with van der Waals surface area (Å²) < 4.78 is 12.0. The van der Waals surface area contributed by atoms with Crippen LogP contribution in [0.5, 0.6) is 5.75 Å². The Labute approximate surface area is 145 Å². The summed E-state index contributed by atoms with van der Waals surface area (Å²) in [5.41, 5.74) is 2.61. The first kappa shape index (κ1) is 16.5. The van der Waals surface area contributed by atoms with Crippen LogP contribution in [0.2, 0.25) is 0 Å². The molecule has 0 N–H and O–H groups in total. The summed E-state index contributed by atoms with van der Waals surface area (Å²) in [5.74, 6) is 6.07. The van der Waals surface area contributed by atoms with Gasteiger partial charge in [0.05, 0.1) is 24.3 Å². The summed E-state index contributed by atoms with van der Waals surface area (Å²) in [5, 5.41) is 4.80. The fourth-order valence-corrected chi connectivity index (χ4v) is 2.43. The zero-order chi connectivity index (χ0) is 17.8. The topological polar surface area (TPSA) is 66.2 Å². The standard InChI is InChI=1S/C19H17N3O3/c1-13-10-16(17-12-20-22(2)18(17)21-13)19(23)25-9-5-7-14-6-4-8-15(11-14)24-3/h4,6,8,10-12H,9H2,1-3H3. The maximum absolute atomic E-state index is 12.4. The van der Waals surface area contributed by atoms with Crippen LogP contribution in [0.3, 0.4) is 0 Å². The number of methoxy groups -OCH3 is 1. The van der Waals surface area contributed by atoms with Gasteiger partial charge < -0.3 is 9.47 Å². The van der Waals surface area contributed by atoms with Gasteiger partial charge in [0.15, 0.2) is 12.3 Å². The van der Waals surface area contributed by atoms with Gasteiger partial charge in [-0.15, -0.1) is 0 Å².